The number of nitriles is 1. The summed E-state index contributed by atoms with van der Waals surface area (Å²) in [4.78, 5) is 27.2. The Kier molecular flexibility index (Phi) is 10.4. The van der Waals surface area contributed by atoms with Gasteiger partial charge in [-0.3, -0.25) is 4.79 Å². The number of methoxy groups -OCH3 is 1. The van der Waals surface area contributed by atoms with E-state index in [2.05, 4.69) is 16.7 Å². The molecule has 2 heterocycles. The number of ether oxygens (including phenoxy) is 4. The number of amides is 1. The second-order valence-electron chi connectivity index (χ2n) is 13.9. The molecular weight excluding hydrogens is 691 g/mol. The zero-order valence-electron chi connectivity index (χ0n) is 28.3. The van der Waals surface area contributed by atoms with Crippen LogP contribution in [0.5, 0.6) is 5.75 Å². The van der Waals surface area contributed by atoms with Gasteiger partial charge in [0.1, 0.15) is 29.1 Å². The van der Waals surface area contributed by atoms with Gasteiger partial charge in [-0.1, -0.05) is 62.2 Å². The summed E-state index contributed by atoms with van der Waals surface area (Å²) in [6, 6.07) is 12.7. The Hall–Kier alpha value is -4.37. The number of nitrogens with one attached hydrogen (secondary N) is 2. The number of esters is 1. The van der Waals surface area contributed by atoms with E-state index in [-0.39, 0.29) is 44.8 Å². The number of anilines is 1. The predicted molar refractivity (Wildman–Crippen MR) is 184 cm³/mol. The van der Waals surface area contributed by atoms with Crippen LogP contribution in [-0.4, -0.2) is 43.5 Å². The molecule has 0 aromatic heterocycles. The summed E-state index contributed by atoms with van der Waals surface area (Å²) in [7, 11) is 1.36. The van der Waals surface area contributed by atoms with Gasteiger partial charge in [0.25, 0.3) is 0 Å². The van der Waals surface area contributed by atoms with Crippen LogP contribution in [0.15, 0.2) is 66.6 Å². The van der Waals surface area contributed by atoms with Gasteiger partial charge in [0.2, 0.25) is 11.7 Å². The first kappa shape index (κ1) is 36.9. The fourth-order valence-corrected chi connectivity index (χ4v) is 6.88. The van der Waals surface area contributed by atoms with Crippen LogP contribution < -0.4 is 15.4 Å². The maximum absolute atomic E-state index is 16.0. The molecule has 1 saturated heterocycles. The van der Waals surface area contributed by atoms with E-state index < -0.39 is 58.1 Å². The van der Waals surface area contributed by atoms with E-state index in [1.807, 2.05) is 20.8 Å². The van der Waals surface area contributed by atoms with Crippen molar-refractivity contribution in [3.63, 3.8) is 0 Å². The molecule has 0 unspecified atom stereocenters. The third-order valence-electron chi connectivity index (χ3n) is 8.62. The van der Waals surface area contributed by atoms with Crippen LogP contribution in [0.25, 0.3) is 0 Å². The normalized spacial score (nSPS) is 22.5. The number of halogens is 4. The molecule has 1 amide bonds. The first-order chi connectivity index (χ1) is 23.5. The average Bonchev–Trinajstić information content (AvgIpc) is 3.56. The Morgan fingerprint density at radius 2 is 1.84 bits per heavy atom. The molecule has 264 valence electrons. The molecule has 0 radical (unpaired) electrons. The number of nitrogens with zero attached hydrogens (tertiary/aromatic N) is 1. The smallest absolute Gasteiger partial charge is 0.338 e. The minimum Gasteiger partial charge on any atom is -0.495 e. The highest BCUT2D eigenvalue weighted by atomic mass is 35.5. The summed E-state index contributed by atoms with van der Waals surface area (Å²) in [5.41, 5.74) is -1.99. The van der Waals surface area contributed by atoms with Crippen LogP contribution in [0.2, 0.25) is 10.0 Å². The molecule has 0 spiro atoms. The van der Waals surface area contributed by atoms with Crippen molar-refractivity contribution in [1.29, 1.82) is 5.26 Å². The molecule has 0 saturated carbocycles. The fourth-order valence-electron chi connectivity index (χ4n) is 6.54. The van der Waals surface area contributed by atoms with E-state index >= 15 is 8.78 Å². The minimum atomic E-state index is -1.80. The van der Waals surface area contributed by atoms with Crippen LogP contribution in [0, 0.1) is 28.4 Å². The third-order valence-corrected chi connectivity index (χ3v) is 9.15. The van der Waals surface area contributed by atoms with Crippen LogP contribution >= 0.6 is 23.2 Å². The van der Waals surface area contributed by atoms with Crippen molar-refractivity contribution in [2.75, 3.05) is 19.0 Å². The molecule has 50 heavy (non-hydrogen) atoms. The summed E-state index contributed by atoms with van der Waals surface area (Å²) in [6.07, 6.45) is 1.68. The molecule has 4 atom stereocenters. The van der Waals surface area contributed by atoms with Crippen molar-refractivity contribution in [3.8, 4) is 11.8 Å². The number of benzene rings is 3. The molecular formula is C37H37Cl2F2N3O6. The lowest BCUT2D eigenvalue weighted by atomic mass is 9.62. The van der Waals surface area contributed by atoms with Crippen LogP contribution in [-0.2, 0) is 24.4 Å². The Labute approximate surface area is 299 Å². The van der Waals surface area contributed by atoms with Crippen molar-refractivity contribution >= 4 is 40.8 Å². The lowest BCUT2D eigenvalue weighted by Crippen LogP contribution is -2.45. The molecule has 2 aliphatic rings. The second kappa shape index (κ2) is 14.1. The Morgan fingerprint density at radius 1 is 1.10 bits per heavy atom. The largest absolute Gasteiger partial charge is 0.495 e. The van der Waals surface area contributed by atoms with E-state index in [9.17, 15) is 14.9 Å². The zero-order chi connectivity index (χ0) is 36.6. The summed E-state index contributed by atoms with van der Waals surface area (Å²) < 4.78 is 53.6. The highest BCUT2D eigenvalue weighted by Crippen LogP contribution is 2.53. The van der Waals surface area contributed by atoms with Gasteiger partial charge in [-0.05, 0) is 53.8 Å². The molecule has 3 aromatic rings. The lowest BCUT2D eigenvalue weighted by molar-refractivity contribution is -0.120. The molecule has 3 aromatic carbocycles. The molecule has 1 fully saturated rings. The summed E-state index contributed by atoms with van der Waals surface area (Å²) in [6.45, 7) is 9.10. The number of carbonyl (C=O) groups excluding carboxylic acids is 2. The number of hydrogen-bond donors (Lipinski definition) is 2. The topological polar surface area (TPSA) is 119 Å². The number of carbonyl (C=O) groups is 2. The molecule has 13 heteroatoms. The van der Waals surface area contributed by atoms with Gasteiger partial charge in [0.15, 0.2) is 12.4 Å². The van der Waals surface area contributed by atoms with E-state index in [1.165, 1.54) is 61.9 Å². The van der Waals surface area contributed by atoms with Crippen molar-refractivity contribution in [1.82, 2.24) is 5.32 Å². The van der Waals surface area contributed by atoms with E-state index in [1.54, 1.807) is 13.8 Å². The van der Waals surface area contributed by atoms with Gasteiger partial charge in [0.05, 0.1) is 35.5 Å². The van der Waals surface area contributed by atoms with Gasteiger partial charge in [-0.25, -0.2) is 13.6 Å². The quantitative estimate of drug-likeness (QED) is 0.213. The Bertz CT molecular complexity index is 1890. The van der Waals surface area contributed by atoms with Gasteiger partial charge >= 0.3 is 5.97 Å². The summed E-state index contributed by atoms with van der Waals surface area (Å²) >= 11 is 12.3. The summed E-state index contributed by atoms with van der Waals surface area (Å²) in [5.74, 6) is -4.62. The predicted octanol–water partition coefficient (Wildman–Crippen LogP) is 8.02. The fraction of sp³-hybridized carbons (Fsp3) is 0.378. The molecule has 0 aliphatic carbocycles. The first-order valence-electron chi connectivity index (χ1n) is 15.8. The standard InChI is InChI=1S/C37H37Cl2F2N3O6/c1-35(2,3)16-29-37(19-42,24-12-11-21(38)15-26(24)40)30(23-8-7-9-25(39)31(23)41)32(44-29)33(45)43-27-13-10-20(14-28(27)47-6)34(46)48-17-22-18-49-36(4,5)50-22/h7-15,18,29-30,32,44H,16-17H2,1-6H3,(H,43,45)/t29-,30-,32+,37-/m0/s1. The maximum Gasteiger partial charge on any atom is 0.338 e. The lowest BCUT2D eigenvalue weighted by Gasteiger charge is -2.37. The van der Waals surface area contributed by atoms with Crippen molar-refractivity contribution in [3.05, 3.63) is 105 Å². The molecule has 9 nitrogen and oxygen atoms in total. The SMILES string of the molecule is COc1cc(C(=O)OCC2=COC(C)(C)O2)ccc1NC(=O)[C@@H]1N[C@@H](CC(C)(C)C)[C@](C#N)(c2ccc(Cl)cc2F)[C@H]1c1cccc(Cl)c1F. The van der Waals surface area contributed by atoms with Gasteiger partial charge in [0, 0.05) is 36.4 Å². The van der Waals surface area contributed by atoms with E-state index in [0.717, 1.165) is 6.07 Å². The van der Waals surface area contributed by atoms with Gasteiger partial charge in [-0.15, -0.1) is 0 Å². The molecule has 5 rings (SSSR count). The monoisotopic (exact) mass is 727 g/mol. The Balaban J connectivity index is 1.53. The van der Waals surface area contributed by atoms with E-state index in [0.29, 0.717) is 12.2 Å². The third kappa shape index (κ3) is 7.38. The zero-order valence-corrected chi connectivity index (χ0v) is 29.8. The highest BCUT2D eigenvalue weighted by Gasteiger charge is 2.61. The number of rotatable bonds is 9. The van der Waals surface area contributed by atoms with Crippen LogP contribution in [0.4, 0.5) is 14.5 Å². The average molecular weight is 729 g/mol. The second-order valence-corrected chi connectivity index (χ2v) is 14.7. The van der Waals surface area contributed by atoms with Crippen molar-refractivity contribution in [2.24, 2.45) is 5.41 Å². The molecule has 2 N–H and O–H groups in total. The van der Waals surface area contributed by atoms with Crippen molar-refractivity contribution < 1.29 is 37.3 Å². The number of hydrogen-bond acceptors (Lipinski definition) is 8. The Morgan fingerprint density at radius 3 is 2.46 bits per heavy atom. The van der Waals surface area contributed by atoms with E-state index in [4.69, 9.17) is 42.1 Å². The molecule has 0 bridgehead atoms. The van der Waals surface area contributed by atoms with Crippen molar-refractivity contribution in [2.45, 2.75) is 70.2 Å². The van der Waals surface area contributed by atoms with Crippen LogP contribution in [0.1, 0.15) is 68.4 Å². The van der Waals surface area contributed by atoms with Gasteiger partial charge in [-0.2, -0.15) is 5.26 Å². The molecule has 2 aliphatic heterocycles. The van der Waals surface area contributed by atoms with Crippen LogP contribution in [0.3, 0.4) is 0 Å². The van der Waals surface area contributed by atoms with Gasteiger partial charge < -0.3 is 29.6 Å². The first-order valence-corrected chi connectivity index (χ1v) is 16.5. The maximum atomic E-state index is 16.0. The summed E-state index contributed by atoms with van der Waals surface area (Å²) in [5, 5.41) is 17.0. The highest BCUT2D eigenvalue weighted by molar-refractivity contribution is 6.31. The minimum absolute atomic E-state index is 0.0415.